The van der Waals surface area contributed by atoms with Gasteiger partial charge in [0.1, 0.15) is 6.61 Å². The Labute approximate surface area is 135 Å². The summed E-state index contributed by atoms with van der Waals surface area (Å²) in [6.07, 6.45) is 4.45. The van der Waals surface area contributed by atoms with E-state index in [1.54, 1.807) is 6.26 Å². The lowest BCUT2D eigenvalue weighted by molar-refractivity contribution is 0.143. The van der Waals surface area contributed by atoms with E-state index in [-0.39, 0.29) is 0 Å². The molecular formula is C16H26N2O3S. The molecule has 6 heteroatoms. The van der Waals surface area contributed by atoms with E-state index in [0.717, 1.165) is 48.6 Å². The van der Waals surface area contributed by atoms with Gasteiger partial charge in [-0.2, -0.15) is 0 Å². The molecule has 0 aromatic heterocycles. The molecule has 0 aliphatic rings. The van der Waals surface area contributed by atoms with E-state index in [1.165, 1.54) is 0 Å². The van der Waals surface area contributed by atoms with Crippen molar-refractivity contribution in [2.45, 2.75) is 31.1 Å². The summed E-state index contributed by atoms with van der Waals surface area (Å²) in [5.74, 6) is 0. The second kappa shape index (κ2) is 11.3. The fraction of sp³-hybridized carbons (Fsp3) is 0.562. The van der Waals surface area contributed by atoms with Gasteiger partial charge in [0.25, 0.3) is 0 Å². The van der Waals surface area contributed by atoms with Crippen LogP contribution in [0.3, 0.4) is 0 Å². The Morgan fingerprint density at radius 3 is 2.55 bits per heavy atom. The molecule has 1 aromatic rings. The van der Waals surface area contributed by atoms with Crippen LogP contribution in [0.1, 0.15) is 31.7 Å². The molecule has 1 aromatic carbocycles. The van der Waals surface area contributed by atoms with E-state index in [0.29, 0.717) is 13.2 Å². The Kier molecular flexibility index (Phi) is 9.70. The number of nitrogens with zero attached hydrogens (tertiary/aromatic N) is 1. The minimum Gasteiger partial charge on any atom is -0.394 e. The first-order chi connectivity index (χ1) is 10.7. The molecule has 0 radical (unpaired) electrons. The van der Waals surface area contributed by atoms with Crippen LogP contribution in [-0.4, -0.2) is 42.5 Å². The van der Waals surface area contributed by atoms with Gasteiger partial charge in [0.2, 0.25) is 0 Å². The number of hydrogen-bond donors (Lipinski definition) is 1. The van der Waals surface area contributed by atoms with Crippen LogP contribution in [0.4, 0.5) is 0 Å². The lowest BCUT2D eigenvalue weighted by atomic mass is 10.0. The Bertz CT molecular complexity index is 475. The van der Waals surface area contributed by atoms with Gasteiger partial charge in [-0.3, -0.25) is 4.21 Å². The Hall–Kier alpha value is -1.24. The second-order valence-corrected chi connectivity index (χ2v) is 6.17. The van der Waals surface area contributed by atoms with Gasteiger partial charge in [-0.25, -0.2) is 0 Å². The van der Waals surface area contributed by atoms with Crippen molar-refractivity contribution in [2.24, 2.45) is 10.9 Å². The summed E-state index contributed by atoms with van der Waals surface area (Å²) in [6.45, 7) is 4.35. The minimum absolute atomic E-state index is 0.402. The first-order valence-corrected chi connectivity index (χ1v) is 9.15. The molecule has 0 spiro atoms. The van der Waals surface area contributed by atoms with E-state index in [4.69, 9.17) is 15.3 Å². The van der Waals surface area contributed by atoms with Crippen molar-refractivity contribution >= 4 is 16.5 Å². The van der Waals surface area contributed by atoms with Gasteiger partial charge in [0.15, 0.2) is 0 Å². The zero-order chi connectivity index (χ0) is 16.2. The molecule has 22 heavy (non-hydrogen) atoms. The molecule has 1 unspecified atom stereocenters. The van der Waals surface area contributed by atoms with Gasteiger partial charge < -0.3 is 15.3 Å². The van der Waals surface area contributed by atoms with Crippen LogP contribution < -0.4 is 5.73 Å². The zero-order valence-electron chi connectivity index (χ0n) is 13.4. The van der Waals surface area contributed by atoms with E-state index < -0.39 is 10.8 Å². The van der Waals surface area contributed by atoms with Crippen molar-refractivity contribution in [3.63, 3.8) is 0 Å². The largest absolute Gasteiger partial charge is 0.394 e. The number of benzene rings is 1. The Morgan fingerprint density at radius 1 is 1.23 bits per heavy atom. The minimum atomic E-state index is -0.971. The van der Waals surface area contributed by atoms with E-state index in [1.807, 2.05) is 31.2 Å². The average molecular weight is 326 g/mol. The second-order valence-electron chi connectivity index (χ2n) is 4.79. The molecule has 0 aliphatic heterocycles. The maximum absolute atomic E-state index is 11.4. The molecule has 0 saturated carbocycles. The number of nitrogens with two attached hydrogens (primary N) is 1. The number of oxime groups is 1. The van der Waals surface area contributed by atoms with Crippen molar-refractivity contribution in [1.82, 2.24) is 0 Å². The molecule has 0 saturated heterocycles. The summed E-state index contributed by atoms with van der Waals surface area (Å²) in [5, 5.41) is 4.20. The molecule has 1 rings (SSSR count). The molecule has 0 aliphatic carbocycles. The topological polar surface area (TPSA) is 73.9 Å². The van der Waals surface area contributed by atoms with Crippen molar-refractivity contribution in [2.75, 3.05) is 32.6 Å². The summed E-state index contributed by atoms with van der Waals surface area (Å²) in [4.78, 5) is 6.03. The standard InChI is InChI=1S/C16H26N2O3S/c1-3-20-12-5-4-6-16(18-21-13-11-17)14-7-9-15(10-8-14)22(2)19/h7-10H,3-6,11-13,17H2,1-2H3. The van der Waals surface area contributed by atoms with Crippen molar-refractivity contribution in [3.05, 3.63) is 29.8 Å². The highest BCUT2D eigenvalue weighted by atomic mass is 32.2. The molecular weight excluding hydrogens is 300 g/mol. The normalized spacial score (nSPS) is 13.1. The van der Waals surface area contributed by atoms with Crippen LogP contribution in [0.25, 0.3) is 0 Å². The summed E-state index contributed by atoms with van der Waals surface area (Å²) in [7, 11) is -0.971. The molecule has 2 N–H and O–H groups in total. The van der Waals surface area contributed by atoms with Crippen LogP contribution in [-0.2, 0) is 20.4 Å². The van der Waals surface area contributed by atoms with Gasteiger partial charge >= 0.3 is 0 Å². The lowest BCUT2D eigenvalue weighted by Gasteiger charge is -2.08. The lowest BCUT2D eigenvalue weighted by Crippen LogP contribution is -2.09. The predicted molar refractivity (Wildman–Crippen MR) is 90.7 cm³/mol. The van der Waals surface area contributed by atoms with Gasteiger partial charge in [0, 0.05) is 41.7 Å². The summed E-state index contributed by atoms with van der Waals surface area (Å²) in [5.41, 5.74) is 7.29. The zero-order valence-corrected chi connectivity index (χ0v) is 14.2. The molecule has 0 heterocycles. The van der Waals surface area contributed by atoms with Crippen LogP contribution >= 0.6 is 0 Å². The van der Waals surface area contributed by atoms with Gasteiger partial charge in [0.05, 0.1) is 5.71 Å². The molecule has 0 amide bonds. The number of rotatable bonds is 11. The van der Waals surface area contributed by atoms with Crippen LogP contribution in [0.5, 0.6) is 0 Å². The maximum Gasteiger partial charge on any atom is 0.129 e. The number of hydrogen-bond acceptors (Lipinski definition) is 5. The SMILES string of the molecule is CCOCCCCC(=NOCCN)c1ccc(S(C)=O)cc1. The summed E-state index contributed by atoms with van der Waals surface area (Å²) >= 11 is 0. The average Bonchev–Trinajstić information content (AvgIpc) is 2.53. The van der Waals surface area contributed by atoms with E-state index in [9.17, 15) is 4.21 Å². The summed E-state index contributed by atoms with van der Waals surface area (Å²) < 4.78 is 16.8. The molecule has 124 valence electrons. The van der Waals surface area contributed by atoms with Crippen LogP contribution in [0.2, 0.25) is 0 Å². The molecule has 1 atom stereocenters. The Morgan fingerprint density at radius 2 is 1.95 bits per heavy atom. The third kappa shape index (κ3) is 7.15. The molecule has 5 nitrogen and oxygen atoms in total. The predicted octanol–water partition coefficient (Wildman–Crippen LogP) is 2.31. The van der Waals surface area contributed by atoms with Crippen molar-refractivity contribution in [3.8, 4) is 0 Å². The van der Waals surface area contributed by atoms with Crippen molar-refractivity contribution < 1.29 is 13.8 Å². The maximum atomic E-state index is 11.4. The monoisotopic (exact) mass is 326 g/mol. The third-order valence-corrected chi connectivity index (χ3v) is 4.00. The number of ether oxygens (including phenoxy) is 1. The number of unbranched alkanes of at least 4 members (excludes halogenated alkanes) is 1. The van der Waals surface area contributed by atoms with Gasteiger partial charge in [-0.1, -0.05) is 17.3 Å². The third-order valence-electron chi connectivity index (χ3n) is 3.06. The summed E-state index contributed by atoms with van der Waals surface area (Å²) in [6, 6.07) is 7.60. The first kappa shape index (κ1) is 18.8. The van der Waals surface area contributed by atoms with Gasteiger partial charge in [-0.05, 0) is 43.9 Å². The fourth-order valence-corrected chi connectivity index (χ4v) is 2.42. The van der Waals surface area contributed by atoms with E-state index >= 15 is 0 Å². The van der Waals surface area contributed by atoms with Gasteiger partial charge in [-0.15, -0.1) is 0 Å². The quantitative estimate of drug-likeness (QED) is 0.385. The van der Waals surface area contributed by atoms with E-state index in [2.05, 4.69) is 5.16 Å². The smallest absolute Gasteiger partial charge is 0.129 e. The highest BCUT2D eigenvalue weighted by Crippen LogP contribution is 2.12. The highest BCUT2D eigenvalue weighted by molar-refractivity contribution is 7.84. The molecule has 0 fully saturated rings. The fourth-order valence-electron chi connectivity index (χ4n) is 1.90. The Balaban J connectivity index is 2.67. The highest BCUT2D eigenvalue weighted by Gasteiger charge is 2.06. The van der Waals surface area contributed by atoms with Crippen LogP contribution in [0, 0.1) is 0 Å². The first-order valence-electron chi connectivity index (χ1n) is 7.59. The van der Waals surface area contributed by atoms with Crippen molar-refractivity contribution in [1.29, 1.82) is 0 Å². The molecule has 0 bridgehead atoms. The van der Waals surface area contributed by atoms with Crippen LogP contribution in [0.15, 0.2) is 34.3 Å².